The number of nitrogens with zero attached hydrogens (tertiary/aromatic N) is 5. The molecular formula is C9H10N6O2. The second kappa shape index (κ2) is 4.56. The van der Waals surface area contributed by atoms with Gasteiger partial charge in [-0.15, -0.1) is 10.2 Å². The highest BCUT2D eigenvalue weighted by molar-refractivity contribution is 5.92. The number of nitrogens with one attached hydrogen (secondary N) is 1. The molecule has 2 heterocycles. The molecule has 0 unspecified atom stereocenters. The molecule has 0 saturated heterocycles. The van der Waals surface area contributed by atoms with Gasteiger partial charge in [-0.2, -0.15) is 4.80 Å². The van der Waals surface area contributed by atoms with E-state index in [-0.39, 0.29) is 17.9 Å². The highest BCUT2D eigenvalue weighted by Crippen LogP contribution is 2.11. The standard InChI is InChI=1S/C9H10N6O2/c1-15-13-7(12-14-15)5-11-8-6(9(16)17)3-2-4-10-8/h2-4H,5H2,1H3,(H,10,11)(H,16,17). The smallest absolute Gasteiger partial charge is 0.339 e. The van der Waals surface area contributed by atoms with E-state index in [0.29, 0.717) is 5.82 Å². The first kappa shape index (κ1) is 11.0. The van der Waals surface area contributed by atoms with E-state index in [4.69, 9.17) is 5.11 Å². The molecule has 0 radical (unpaired) electrons. The number of hydrogen-bond donors (Lipinski definition) is 2. The zero-order valence-corrected chi connectivity index (χ0v) is 9.03. The molecule has 2 aromatic rings. The summed E-state index contributed by atoms with van der Waals surface area (Å²) in [6.45, 7) is 0.269. The maximum atomic E-state index is 10.9. The second-order valence-electron chi connectivity index (χ2n) is 3.25. The van der Waals surface area contributed by atoms with Crippen LogP contribution in [0.3, 0.4) is 0 Å². The molecule has 0 atom stereocenters. The Bertz CT molecular complexity index is 538. The van der Waals surface area contributed by atoms with Gasteiger partial charge >= 0.3 is 5.97 Å². The predicted molar refractivity (Wildman–Crippen MR) is 57.3 cm³/mol. The van der Waals surface area contributed by atoms with Gasteiger partial charge in [0, 0.05) is 6.20 Å². The van der Waals surface area contributed by atoms with Crippen LogP contribution in [0.2, 0.25) is 0 Å². The van der Waals surface area contributed by atoms with E-state index in [1.165, 1.54) is 17.1 Å². The molecule has 2 N–H and O–H groups in total. The van der Waals surface area contributed by atoms with Gasteiger partial charge in [-0.3, -0.25) is 0 Å². The highest BCUT2D eigenvalue weighted by Gasteiger charge is 2.10. The van der Waals surface area contributed by atoms with Gasteiger partial charge in [-0.25, -0.2) is 9.78 Å². The summed E-state index contributed by atoms with van der Waals surface area (Å²) in [4.78, 5) is 16.2. The molecule has 17 heavy (non-hydrogen) atoms. The Morgan fingerprint density at radius 3 is 3.06 bits per heavy atom. The average Bonchev–Trinajstić information content (AvgIpc) is 2.73. The van der Waals surface area contributed by atoms with Crippen LogP contribution in [0.15, 0.2) is 18.3 Å². The summed E-state index contributed by atoms with van der Waals surface area (Å²) in [6, 6.07) is 3.04. The van der Waals surface area contributed by atoms with E-state index in [0.717, 1.165) is 0 Å². The zero-order valence-electron chi connectivity index (χ0n) is 9.03. The number of aromatic nitrogens is 5. The molecule has 88 valence electrons. The second-order valence-corrected chi connectivity index (χ2v) is 3.25. The summed E-state index contributed by atoms with van der Waals surface area (Å²) < 4.78 is 0. The number of carbonyl (C=O) groups is 1. The quantitative estimate of drug-likeness (QED) is 0.761. The van der Waals surface area contributed by atoms with Crippen molar-refractivity contribution in [3.63, 3.8) is 0 Å². The number of carboxylic acids is 1. The van der Waals surface area contributed by atoms with E-state index in [1.807, 2.05) is 0 Å². The summed E-state index contributed by atoms with van der Waals surface area (Å²) in [7, 11) is 1.65. The van der Waals surface area contributed by atoms with Crippen LogP contribution in [0.25, 0.3) is 0 Å². The Morgan fingerprint density at radius 1 is 1.59 bits per heavy atom. The summed E-state index contributed by atoms with van der Waals surface area (Å²) in [6.07, 6.45) is 1.51. The van der Waals surface area contributed by atoms with Crippen molar-refractivity contribution < 1.29 is 9.90 Å². The molecule has 0 amide bonds. The molecule has 2 aromatic heterocycles. The molecule has 0 saturated carbocycles. The third kappa shape index (κ3) is 2.54. The maximum absolute atomic E-state index is 10.9. The van der Waals surface area contributed by atoms with Gasteiger partial charge in [0.25, 0.3) is 0 Å². The van der Waals surface area contributed by atoms with Gasteiger partial charge in [-0.1, -0.05) is 0 Å². The molecule has 0 bridgehead atoms. The highest BCUT2D eigenvalue weighted by atomic mass is 16.4. The molecule has 8 heteroatoms. The van der Waals surface area contributed by atoms with Crippen LogP contribution in [-0.2, 0) is 13.6 Å². The van der Waals surface area contributed by atoms with Crippen LogP contribution in [0.4, 0.5) is 5.82 Å². The molecule has 0 spiro atoms. The lowest BCUT2D eigenvalue weighted by Gasteiger charge is -2.05. The fraction of sp³-hybridized carbons (Fsp3) is 0.222. The normalized spacial score (nSPS) is 10.2. The minimum Gasteiger partial charge on any atom is -0.478 e. The number of rotatable bonds is 4. The van der Waals surface area contributed by atoms with E-state index in [1.54, 1.807) is 13.1 Å². The number of tetrazole rings is 1. The maximum Gasteiger partial charge on any atom is 0.339 e. The lowest BCUT2D eigenvalue weighted by Crippen LogP contribution is -2.09. The third-order valence-electron chi connectivity index (χ3n) is 2.00. The Balaban J connectivity index is 2.11. The lowest BCUT2D eigenvalue weighted by atomic mass is 10.2. The molecule has 2 rings (SSSR count). The van der Waals surface area contributed by atoms with Crippen LogP contribution in [0.1, 0.15) is 16.2 Å². The van der Waals surface area contributed by atoms with Crippen molar-refractivity contribution in [2.45, 2.75) is 6.54 Å². The van der Waals surface area contributed by atoms with Crippen molar-refractivity contribution in [2.24, 2.45) is 7.05 Å². The van der Waals surface area contributed by atoms with Crippen LogP contribution < -0.4 is 5.32 Å². The van der Waals surface area contributed by atoms with Gasteiger partial charge in [0.05, 0.1) is 13.6 Å². The number of anilines is 1. The summed E-state index contributed by atoms with van der Waals surface area (Å²) in [5.74, 6) is -0.283. The van der Waals surface area contributed by atoms with Gasteiger partial charge in [0.1, 0.15) is 11.4 Å². The van der Waals surface area contributed by atoms with Gasteiger partial charge in [0.2, 0.25) is 0 Å². The number of aromatic carboxylic acids is 1. The molecule has 0 fully saturated rings. The van der Waals surface area contributed by atoms with Gasteiger partial charge in [0.15, 0.2) is 5.82 Å². The van der Waals surface area contributed by atoms with Crippen LogP contribution in [-0.4, -0.2) is 36.3 Å². The summed E-state index contributed by atoms with van der Waals surface area (Å²) in [5.41, 5.74) is 0.108. The van der Waals surface area contributed by atoms with E-state index < -0.39 is 5.97 Å². The molecule has 0 aliphatic rings. The summed E-state index contributed by atoms with van der Waals surface area (Å²) in [5, 5.41) is 23.2. The number of pyridine rings is 1. The Labute approximate surface area is 96.3 Å². The van der Waals surface area contributed by atoms with Crippen molar-refractivity contribution in [1.29, 1.82) is 0 Å². The first-order chi connectivity index (χ1) is 8.16. The zero-order chi connectivity index (χ0) is 12.3. The Kier molecular flexibility index (Phi) is 2.95. The Hall–Kier alpha value is -2.51. The number of aryl methyl sites for hydroxylation is 1. The van der Waals surface area contributed by atoms with Crippen molar-refractivity contribution in [2.75, 3.05) is 5.32 Å². The fourth-order valence-electron chi connectivity index (χ4n) is 1.28. The molecule has 0 aliphatic carbocycles. The molecule has 0 aromatic carbocycles. The van der Waals surface area contributed by atoms with E-state index >= 15 is 0 Å². The first-order valence-corrected chi connectivity index (χ1v) is 4.82. The van der Waals surface area contributed by atoms with Crippen molar-refractivity contribution >= 4 is 11.8 Å². The molecule has 0 aliphatic heterocycles. The van der Waals surface area contributed by atoms with Gasteiger partial charge < -0.3 is 10.4 Å². The van der Waals surface area contributed by atoms with Crippen LogP contribution in [0, 0.1) is 0 Å². The van der Waals surface area contributed by atoms with Crippen LogP contribution >= 0.6 is 0 Å². The SMILES string of the molecule is Cn1nnc(CNc2ncccc2C(=O)O)n1. The van der Waals surface area contributed by atoms with Crippen molar-refractivity contribution in [3.05, 3.63) is 29.7 Å². The fourth-order valence-corrected chi connectivity index (χ4v) is 1.28. The minimum absolute atomic E-state index is 0.108. The van der Waals surface area contributed by atoms with Crippen molar-refractivity contribution in [1.82, 2.24) is 25.2 Å². The topological polar surface area (TPSA) is 106 Å². The van der Waals surface area contributed by atoms with E-state index in [9.17, 15) is 4.79 Å². The molecular weight excluding hydrogens is 224 g/mol. The average molecular weight is 234 g/mol. The number of hydrogen-bond acceptors (Lipinski definition) is 6. The molecule has 8 nitrogen and oxygen atoms in total. The first-order valence-electron chi connectivity index (χ1n) is 4.82. The largest absolute Gasteiger partial charge is 0.478 e. The summed E-state index contributed by atoms with van der Waals surface area (Å²) >= 11 is 0. The lowest BCUT2D eigenvalue weighted by molar-refractivity contribution is 0.0697. The van der Waals surface area contributed by atoms with Crippen LogP contribution in [0.5, 0.6) is 0 Å². The van der Waals surface area contributed by atoms with E-state index in [2.05, 4.69) is 25.7 Å². The Morgan fingerprint density at radius 2 is 2.41 bits per heavy atom. The third-order valence-corrected chi connectivity index (χ3v) is 2.00. The predicted octanol–water partition coefficient (Wildman–Crippen LogP) is -0.0846. The number of carboxylic acid groups (broad SMARTS) is 1. The van der Waals surface area contributed by atoms with Gasteiger partial charge in [-0.05, 0) is 17.3 Å². The van der Waals surface area contributed by atoms with Crippen molar-refractivity contribution in [3.8, 4) is 0 Å². The monoisotopic (exact) mass is 234 g/mol. The minimum atomic E-state index is -1.03.